The van der Waals surface area contributed by atoms with Gasteiger partial charge in [-0.15, -0.1) is 0 Å². The van der Waals surface area contributed by atoms with Crippen molar-refractivity contribution in [3.05, 3.63) is 76.3 Å². The zero-order valence-electron chi connectivity index (χ0n) is 13.3. The SMILES string of the molecule is COCOc1c(C=O)cc(Cl)c2cccc(Cc3ccccc3)c12. The highest BCUT2D eigenvalue weighted by Crippen LogP contribution is 2.37. The Morgan fingerprint density at radius 1 is 1.08 bits per heavy atom. The first kappa shape index (κ1) is 16.5. The summed E-state index contributed by atoms with van der Waals surface area (Å²) < 4.78 is 10.7. The van der Waals surface area contributed by atoms with Crippen LogP contribution in [0.3, 0.4) is 0 Å². The number of carbonyl (C=O) groups excluding carboxylic acids is 1. The monoisotopic (exact) mass is 340 g/mol. The molecule has 0 N–H and O–H groups in total. The second kappa shape index (κ2) is 7.47. The normalized spacial score (nSPS) is 10.8. The van der Waals surface area contributed by atoms with E-state index in [0.29, 0.717) is 16.3 Å². The van der Waals surface area contributed by atoms with Crippen LogP contribution in [-0.2, 0) is 11.2 Å². The summed E-state index contributed by atoms with van der Waals surface area (Å²) in [5, 5.41) is 2.25. The van der Waals surface area contributed by atoms with Crippen molar-refractivity contribution in [1.82, 2.24) is 0 Å². The minimum Gasteiger partial charge on any atom is -0.466 e. The van der Waals surface area contributed by atoms with Crippen molar-refractivity contribution in [3.8, 4) is 5.75 Å². The molecule has 3 rings (SSSR count). The van der Waals surface area contributed by atoms with Gasteiger partial charge in [0, 0.05) is 22.9 Å². The summed E-state index contributed by atoms with van der Waals surface area (Å²) in [6.07, 6.45) is 1.48. The molecule has 122 valence electrons. The smallest absolute Gasteiger partial charge is 0.188 e. The van der Waals surface area contributed by atoms with Gasteiger partial charge in [0.2, 0.25) is 0 Å². The third-order valence-electron chi connectivity index (χ3n) is 3.87. The minimum absolute atomic E-state index is 0.0667. The molecule has 0 unspecified atom stereocenters. The predicted octanol–water partition coefficient (Wildman–Crippen LogP) is 4.88. The van der Waals surface area contributed by atoms with Gasteiger partial charge in [0.15, 0.2) is 13.1 Å². The van der Waals surface area contributed by atoms with Gasteiger partial charge in [-0.3, -0.25) is 4.79 Å². The largest absolute Gasteiger partial charge is 0.466 e. The third-order valence-corrected chi connectivity index (χ3v) is 4.18. The molecule has 0 aliphatic rings. The van der Waals surface area contributed by atoms with Crippen molar-refractivity contribution in [2.24, 2.45) is 0 Å². The van der Waals surface area contributed by atoms with Gasteiger partial charge in [-0.1, -0.05) is 60.1 Å². The molecule has 4 heteroatoms. The summed E-state index contributed by atoms with van der Waals surface area (Å²) in [5.74, 6) is 0.512. The quantitative estimate of drug-likeness (QED) is 0.474. The lowest BCUT2D eigenvalue weighted by atomic mass is 9.96. The van der Waals surface area contributed by atoms with Crippen LogP contribution < -0.4 is 4.74 Å². The van der Waals surface area contributed by atoms with Crippen LogP contribution in [0.1, 0.15) is 21.5 Å². The van der Waals surface area contributed by atoms with E-state index in [-0.39, 0.29) is 6.79 Å². The molecule has 0 spiro atoms. The van der Waals surface area contributed by atoms with E-state index in [1.54, 1.807) is 13.2 Å². The molecule has 0 saturated heterocycles. The fourth-order valence-corrected chi connectivity index (χ4v) is 3.09. The highest BCUT2D eigenvalue weighted by molar-refractivity contribution is 6.36. The fourth-order valence-electron chi connectivity index (χ4n) is 2.82. The van der Waals surface area contributed by atoms with Crippen LogP contribution in [0.5, 0.6) is 5.75 Å². The summed E-state index contributed by atoms with van der Waals surface area (Å²) in [6.45, 7) is 0.0667. The number of hydrogen-bond acceptors (Lipinski definition) is 3. The van der Waals surface area contributed by atoms with Crippen molar-refractivity contribution >= 4 is 28.7 Å². The second-order valence-electron chi connectivity index (χ2n) is 5.45. The Hall–Kier alpha value is -2.36. The molecule has 24 heavy (non-hydrogen) atoms. The molecule has 3 nitrogen and oxygen atoms in total. The Kier molecular flexibility index (Phi) is 5.14. The highest BCUT2D eigenvalue weighted by atomic mass is 35.5. The maximum absolute atomic E-state index is 11.5. The number of hydrogen-bond donors (Lipinski definition) is 0. The number of ether oxygens (including phenoxy) is 2. The molecule has 0 saturated carbocycles. The molecule has 0 aromatic heterocycles. The van der Waals surface area contributed by atoms with Crippen LogP contribution in [0.25, 0.3) is 10.8 Å². The van der Waals surface area contributed by atoms with Gasteiger partial charge in [-0.25, -0.2) is 0 Å². The third kappa shape index (κ3) is 3.28. The molecule has 0 amide bonds. The molecule has 0 atom stereocenters. The van der Waals surface area contributed by atoms with Crippen LogP contribution in [0.4, 0.5) is 0 Å². The number of rotatable bonds is 6. The van der Waals surface area contributed by atoms with Crippen LogP contribution in [0.15, 0.2) is 54.6 Å². The first-order valence-corrected chi connectivity index (χ1v) is 7.97. The van der Waals surface area contributed by atoms with E-state index < -0.39 is 0 Å². The zero-order valence-corrected chi connectivity index (χ0v) is 14.0. The summed E-state index contributed by atoms with van der Waals surface area (Å²) in [7, 11) is 1.55. The molecule has 3 aromatic rings. The van der Waals surface area contributed by atoms with Crippen molar-refractivity contribution in [2.45, 2.75) is 6.42 Å². The Morgan fingerprint density at radius 3 is 2.58 bits per heavy atom. The van der Waals surface area contributed by atoms with Gasteiger partial charge >= 0.3 is 0 Å². The van der Waals surface area contributed by atoms with Crippen LogP contribution >= 0.6 is 11.6 Å². The van der Waals surface area contributed by atoms with Crippen LogP contribution in [0, 0.1) is 0 Å². The number of methoxy groups -OCH3 is 1. The fraction of sp³-hybridized carbons (Fsp3) is 0.150. The highest BCUT2D eigenvalue weighted by Gasteiger charge is 2.16. The Labute approximate surface area is 145 Å². The summed E-state index contributed by atoms with van der Waals surface area (Å²) >= 11 is 6.38. The average molecular weight is 341 g/mol. The molecular weight excluding hydrogens is 324 g/mol. The van der Waals surface area contributed by atoms with E-state index in [1.165, 1.54) is 5.56 Å². The molecule has 0 radical (unpaired) electrons. The van der Waals surface area contributed by atoms with E-state index in [0.717, 1.165) is 29.0 Å². The van der Waals surface area contributed by atoms with E-state index in [9.17, 15) is 4.79 Å². The Morgan fingerprint density at radius 2 is 1.88 bits per heavy atom. The maximum atomic E-state index is 11.5. The minimum atomic E-state index is 0.0667. The van der Waals surface area contributed by atoms with E-state index in [2.05, 4.69) is 12.1 Å². The number of halogens is 1. The topological polar surface area (TPSA) is 35.5 Å². The second-order valence-corrected chi connectivity index (χ2v) is 5.85. The van der Waals surface area contributed by atoms with Gasteiger partial charge < -0.3 is 9.47 Å². The molecule has 0 aliphatic heterocycles. The first-order valence-electron chi connectivity index (χ1n) is 7.59. The number of aldehydes is 1. The van der Waals surface area contributed by atoms with Crippen molar-refractivity contribution < 1.29 is 14.3 Å². The van der Waals surface area contributed by atoms with Crippen molar-refractivity contribution in [1.29, 1.82) is 0 Å². The van der Waals surface area contributed by atoms with Crippen LogP contribution in [-0.4, -0.2) is 20.2 Å². The van der Waals surface area contributed by atoms with Gasteiger partial charge in [-0.2, -0.15) is 0 Å². The van der Waals surface area contributed by atoms with Crippen molar-refractivity contribution in [2.75, 3.05) is 13.9 Å². The first-order chi connectivity index (χ1) is 11.7. The van der Waals surface area contributed by atoms with E-state index in [1.807, 2.05) is 36.4 Å². The molecular formula is C20H17ClO3. The molecule has 0 bridgehead atoms. The molecule has 0 fully saturated rings. The van der Waals surface area contributed by atoms with E-state index in [4.69, 9.17) is 21.1 Å². The average Bonchev–Trinajstić information content (AvgIpc) is 2.62. The number of fused-ring (bicyclic) bond motifs is 1. The zero-order chi connectivity index (χ0) is 16.9. The predicted molar refractivity (Wildman–Crippen MR) is 96.1 cm³/mol. The molecule has 0 heterocycles. The number of benzene rings is 3. The molecule has 3 aromatic carbocycles. The standard InChI is InChI=1S/C20H17ClO3/c1-23-13-24-20-16(12-22)11-18(21)17-9-5-8-15(19(17)20)10-14-6-3-2-4-7-14/h2-9,11-12H,10,13H2,1H3. The van der Waals surface area contributed by atoms with Crippen LogP contribution in [0.2, 0.25) is 5.02 Å². The summed E-state index contributed by atoms with van der Waals surface area (Å²) in [5.41, 5.74) is 2.65. The lowest BCUT2D eigenvalue weighted by Gasteiger charge is -2.15. The lowest BCUT2D eigenvalue weighted by molar-refractivity contribution is 0.0516. The van der Waals surface area contributed by atoms with Gasteiger partial charge in [0.1, 0.15) is 5.75 Å². The molecule has 0 aliphatic carbocycles. The lowest BCUT2D eigenvalue weighted by Crippen LogP contribution is -2.04. The Balaban J connectivity index is 2.21. The van der Waals surface area contributed by atoms with E-state index >= 15 is 0 Å². The maximum Gasteiger partial charge on any atom is 0.188 e. The summed E-state index contributed by atoms with van der Waals surface area (Å²) in [6, 6.07) is 17.7. The number of carbonyl (C=O) groups is 1. The Bertz CT molecular complexity index is 860. The van der Waals surface area contributed by atoms with Gasteiger partial charge in [0.05, 0.1) is 5.56 Å². The summed E-state index contributed by atoms with van der Waals surface area (Å²) in [4.78, 5) is 11.5. The van der Waals surface area contributed by atoms with Gasteiger partial charge in [-0.05, 0) is 23.6 Å². The van der Waals surface area contributed by atoms with Crippen molar-refractivity contribution in [3.63, 3.8) is 0 Å². The van der Waals surface area contributed by atoms with Gasteiger partial charge in [0.25, 0.3) is 0 Å².